The van der Waals surface area contributed by atoms with Crippen LogP contribution in [0.2, 0.25) is 0 Å². The molecular formula is C10H15NO4S. The van der Waals surface area contributed by atoms with Gasteiger partial charge in [-0.1, -0.05) is 24.6 Å². The van der Waals surface area contributed by atoms with Gasteiger partial charge in [0.15, 0.2) is 0 Å². The summed E-state index contributed by atoms with van der Waals surface area (Å²) in [6.07, 6.45) is 0.625. The van der Waals surface area contributed by atoms with E-state index in [0.29, 0.717) is 6.42 Å². The van der Waals surface area contributed by atoms with E-state index in [4.69, 9.17) is 9.81 Å². The molecule has 0 atom stereocenters. The summed E-state index contributed by atoms with van der Waals surface area (Å²) >= 11 is 0. The van der Waals surface area contributed by atoms with Crippen LogP contribution >= 0.6 is 0 Å². The van der Waals surface area contributed by atoms with Crippen LogP contribution in [0, 0.1) is 18.3 Å². The summed E-state index contributed by atoms with van der Waals surface area (Å²) < 4.78 is 29.6. The van der Waals surface area contributed by atoms with Gasteiger partial charge in [-0.15, -0.1) is 0 Å². The van der Waals surface area contributed by atoms with Crippen LogP contribution < -0.4 is 0 Å². The Balaban J connectivity index is 0. The highest BCUT2D eigenvalue weighted by Gasteiger charge is 2.06. The largest absolute Gasteiger partial charge is 0.412 e. The van der Waals surface area contributed by atoms with E-state index in [1.165, 1.54) is 12.1 Å². The number of hydrogen-bond acceptors (Lipinski definition) is 3. The number of rotatable bonds is 1. The summed E-state index contributed by atoms with van der Waals surface area (Å²) in [7, 11) is -4.02. The summed E-state index contributed by atoms with van der Waals surface area (Å²) in [6, 6.07) is 7.92. The summed E-state index contributed by atoms with van der Waals surface area (Å²) in [5, 5.41) is 7.62. The van der Waals surface area contributed by atoms with Crippen molar-refractivity contribution in [3.05, 3.63) is 29.8 Å². The van der Waals surface area contributed by atoms with E-state index in [2.05, 4.69) is 0 Å². The Morgan fingerprint density at radius 1 is 1.31 bits per heavy atom. The fourth-order valence-electron chi connectivity index (χ4n) is 0.710. The lowest BCUT2D eigenvalue weighted by Crippen LogP contribution is -1.96. The first kappa shape index (κ1) is 17.0. The minimum absolute atomic E-state index is 0. The number of aryl methyl sites for hydroxylation is 1. The van der Waals surface area contributed by atoms with E-state index in [0.717, 1.165) is 5.56 Å². The minimum Gasteiger partial charge on any atom is -0.412 e. The predicted molar refractivity (Wildman–Crippen MR) is 60.5 cm³/mol. The number of nitrogens with zero attached hydrogens (tertiary/aromatic N) is 1. The Morgan fingerprint density at radius 3 is 1.94 bits per heavy atom. The van der Waals surface area contributed by atoms with E-state index in [-0.39, 0.29) is 10.4 Å². The van der Waals surface area contributed by atoms with Gasteiger partial charge >= 0.3 is 0 Å². The van der Waals surface area contributed by atoms with Gasteiger partial charge in [-0.05, 0) is 19.1 Å². The highest BCUT2D eigenvalue weighted by molar-refractivity contribution is 7.85. The molecule has 16 heavy (non-hydrogen) atoms. The lowest BCUT2D eigenvalue weighted by atomic mass is 10.2. The van der Waals surface area contributed by atoms with Crippen molar-refractivity contribution in [1.82, 2.24) is 0 Å². The molecule has 0 saturated heterocycles. The molecule has 0 unspecified atom stereocenters. The van der Waals surface area contributed by atoms with Crippen molar-refractivity contribution in [3.8, 4) is 6.07 Å². The first-order valence-corrected chi connectivity index (χ1v) is 5.77. The molecule has 0 radical (unpaired) electrons. The molecule has 0 aliphatic heterocycles. The van der Waals surface area contributed by atoms with Gasteiger partial charge in [0.25, 0.3) is 10.1 Å². The molecule has 0 aliphatic carbocycles. The Bertz CT molecular complexity index is 431. The first-order chi connectivity index (χ1) is 6.91. The topological polar surface area (TPSA) is 110 Å². The second-order valence-electron chi connectivity index (χ2n) is 2.80. The van der Waals surface area contributed by atoms with E-state index >= 15 is 0 Å². The number of benzene rings is 1. The predicted octanol–water partition coefficient (Wildman–Crippen LogP) is 1.34. The Kier molecular flexibility index (Phi) is 8.30. The Labute approximate surface area is 95.4 Å². The van der Waals surface area contributed by atoms with Gasteiger partial charge < -0.3 is 5.48 Å². The highest BCUT2D eigenvalue weighted by Crippen LogP contribution is 2.08. The van der Waals surface area contributed by atoms with E-state index < -0.39 is 10.1 Å². The minimum atomic E-state index is -4.02. The van der Waals surface area contributed by atoms with Crippen molar-refractivity contribution in [2.24, 2.45) is 0 Å². The fourth-order valence-corrected chi connectivity index (χ4v) is 1.19. The molecule has 1 aromatic carbocycles. The molecule has 5 nitrogen and oxygen atoms in total. The molecule has 0 spiro atoms. The number of nitriles is 1. The van der Waals surface area contributed by atoms with Crippen LogP contribution in [0.4, 0.5) is 0 Å². The van der Waals surface area contributed by atoms with Gasteiger partial charge in [-0.25, -0.2) is 0 Å². The smallest absolute Gasteiger partial charge is 0.294 e. The molecule has 1 aromatic rings. The molecule has 0 bridgehead atoms. The molecule has 0 amide bonds. The van der Waals surface area contributed by atoms with Crippen LogP contribution in [0.3, 0.4) is 0 Å². The quantitative estimate of drug-likeness (QED) is 0.752. The van der Waals surface area contributed by atoms with E-state index in [1.807, 2.05) is 19.9 Å². The maximum Gasteiger partial charge on any atom is 0.294 e. The SMILES string of the molecule is CCC#N.Cc1ccc(S(=O)(=O)O)cc1.O. The molecule has 6 heteroatoms. The lowest BCUT2D eigenvalue weighted by Gasteiger charge is -1.95. The van der Waals surface area contributed by atoms with Crippen molar-refractivity contribution in [2.75, 3.05) is 0 Å². The molecular weight excluding hydrogens is 230 g/mol. The molecule has 1 rings (SSSR count). The van der Waals surface area contributed by atoms with Crippen LogP contribution in [0.25, 0.3) is 0 Å². The summed E-state index contributed by atoms with van der Waals surface area (Å²) in [5.41, 5.74) is 0.956. The van der Waals surface area contributed by atoms with Gasteiger partial charge in [0.1, 0.15) is 0 Å². The molecule has 3 N–H and O–H groups in total. The van der Waals surface area contributed by atoms with Gasteiger partial charge in [-0.2, -0.15) is 13.7 Å². The van der Waals surface area contributed by atoms with Gasteiger partial charge in [0.2, 0.25) is 0 Å². The fraction of sp³-hybridized carbons (Fsp3) is 0.300. The van der Waals surface area contributed by atoms with Gasteiger partial charge in [0.05, 0.1) is 11.0 Å². The normalized spacial score (nSPS) is 9.12. The van der Waals surface area contributed by atoms with Gasteiger partial charge in [-0.3, -0.25) is 4.55 Å². The molecule has 0 heterocycles. The van der Waals surface area contributed by atoms with Crippen molar-refractivity contribution in [3.63, 3.8) is 0 Å². The van der Waals surface area contributed by atoms with Crippen LogP contribution in [-0.4, -0.2) is 18.4 Å². The molecule has 0 aromatic heterocycles. The van der Waals surface area contributed by atoms with E-state index in [1.54, 1.807) is 12.1 Å². The van der Waals surface area contributed by atoms with Crippen molar-refractivity contribution < 1.29 is 18.4 Å². The van der Waals surface area contributed by atoms with Crippen LogP contribution in [0.5, 0.6) is 0 Å². The third-order valence-electron chi connectivity index (χ3n) is 1.48. The lowest BCUT2D eigenvalue weighted by molar-refractivity contribution is 0.483. The molecule has 0 fully saturated rings. The third kappa shape index (κ3) is 6.95. The first-order valence-electron chi connectivity index (χ1n) is 4.33. The average molecular weight is 245 g/mol. The van der Waals surface area contributed by atoms with Crippen molar-refractivity contribution >= 4 is 10.1 Å². The van der Waals surface area contributed by atoms with Crippen molar-refractivity contribution in [1.29, 1.82) is 5.26 Å². The van der Waals surface area contributed by atoms with Gasteiger partial charge in [0, 0.05) is 6.42 Å². The Morgan fingerprint density at radius 2 is 1.69 bits per heavy atom. The summed E-state index contributed by atoms with van der Waals surface area (Å²) in [6.45, 7) is 3.66. The highest BCUT2D eigenvalue weighted by atomic mass is 32.2. The van der Waals surface area contributed by atoms with Crippen LogP contribution in [0.1, 0.15) is 18.9 Å². The molecule has 0 aliphatic rings. The second kappa shape index (κ2) is 7.82. The standard InChI is InChI=1S/C7H8O3S.C3H5N.H2O/c1-6-2-4-7(5-3-6)11(8,9)10;1-2-3-4;/h2-5H,1H3,(H,8,9,10);2H2,1H3;1H2. The monoisotopic (exact) mass is 245 g/mol. The maximum absolute atomic E-state index is 10.5. The summed E-state index contributed by atoms with van der Waals surface area (Å²) in [4.78, 5) is -0.0666. The maximum atomic E-state index is 10.5. The zero-order valence-electron chi connectivity index (χ0n) is 9.14. The third-order valence-corrected chi connectivity index (χ3v) is 2.34. The van der Waals surface area contributed by atoms with Crippen LogP contribution in [-0.2, 0) is 10.1 Å². The zero-order chi connectivity index (χ0) is 11.9. The second-order valence-corrected chi connectivity index (χ2v) is 4.22. The Hall–Kier alpha value is -1.42. The summed E-state index contributed by atoms with van der Waals surface area (Å²) in [5.74, 6) is 0. The number of hydrogen-bond donors (Lipinski definition) is 1. The van der Waals surface area contributed by atoms with Crippen LogP contribution in [0.15, 0.2) is 29.2 Å². The average Bonchev–Trinajstić information content (AvgIpc) is 2.17. The zero-order valence-corrected chi connectivity index (χ0v) is 9.95. The van der Waals surface area contributed by atoms with Crippen molar-refractivity contribution in [2.45, 2.75) is 25.2 Å². The van der Waals surface area contributed by atoms with E-state index in [9.17, 15) is 8.42 Å². The molecule has 90 valence electrons. The molecule has 0 saturated carbocycles.